The molecule has 0 radical (unpaired) electrons. The van der Waals surface area contributed by atoms with Gasteiger partial charge >= 0.3 is 5.69 Å². The average molecular weight is 245 g/mol. The van der Waals surface area contributed by atoms with Crippen molar-refractivity contribution in [2.45, 2.75) is 0 Å². The van der Waals surface area contributed by atoms with Gasteiger partial charge in [-0.3, -0.25) is 10.1 Å². The lowest BCUT2D eigenvalue weighted by molar-refractivity contribution is -0.385. The van der Waals surface area contributed by atoms with Gasteiger partial charge in [0.2, 0.25) is 5.75 Å². The number of nitro benzene ring substituents is 1. The minimum absolute atomic E-state index is 0.108. The molecule has 5 heteroatoms. The zero-order valence-electron chi connectivity index (χ0n) is 9.70. The molecular weight excluding hydrogens is 234 g/mol. The summed E-state index contributed by atoms with van der Waals surface area (Å²) in [6.07, 6.45) is 0. The van der Waals surface area contributed by atoms with Crippen LogP contribution in [0.4, 0.5) is 5.69 Å². The number of benzene rings is 2. The standard InChI is InChI=1S/C13H11NO4/c1-17-12-9-5-8-11(14(15)16)13(12)18-10-6-3-2-4-7-10/h2-9H,1H3. The van der Waals surface area contributed by atoms with E-state index < -0.39 is 4.92 Å². The summed E-state index contributed by atoms with van der Waals surface area (Å²) in [5, 5.41) is 11.0. The van der Waals surface area contributed by atoms with Crippen molar-refractivity contribution in [3.05, 3.63) is 58.6 Å². The highest BCUT2D eigenvalue weighted by Crippen LogP contribution is 2.39. The molecule has 0 heterocycles. The molecule has 18 heavy (non-hydrogen) atoms. The largest absolute Gasteiger partial charge is 0.493 e. The molecule has 0 aliphatic rings. The number of nitro groups is 1. The number of nitrogens with zero attached hydrogens (tertiary/aromatic N) is 1. The predicted octanol–water partition coefficient (Wildman–Crippen LogP) is 3.40. The van der Waals surface area contributed by atoms with Crippen molar-refractivity contribution >= 4 is 5.69 Å². The Morgan fingerprint density at radius 1 is 1.06 bits per heavy atom. The van der Waals surface area contributed by atoms with Gasteiger partial charge in [-0.2, -0.15) is 0 Å². The molecule has 2 aromatic rings. The van der Waals surface area contributed by atoms with Crippen LogP contribution in [0, 0.1) is 10.1 Å². The Morgan fingerprint density at radius 2 is 1.78 bits per heavy atom. The summed E-state index contributed by atoms with van der Waals surface area (Å²) in [5.41, 5.74) is -0.127. The monoisotopic (exact) mass is 245 g/mol. The Hall–Kier alpha value is -2.56. The molecule has 0 bridgehead atoms. The Bertz CT molecular complexity index is 554. The Kier molecular flexibility index (Phi) is 3.43. The van der Waals surface area contributed by atoms with E-state index in [1.165, 1.54) is 13.2 Å². The lowest BCUT2D eigenvalue weighted by Gasteiger charge is -2.10. The zero-order chi connectivity index (χ0) is 13.0. The highest BCUT2D eigenvalue weighted by atomic mass is 16.6. The van der Waals surface area contributed by atoms with Gasteiger partial charge in [-0.15, -0.1) is 0 Å². The molecule has 2 rings (SSSR count). The number of hydrogen-bond donors (Lipinski definition) is 0. The molecule has 5 nitrogen and oxygen atoms in total. The van der Waals surface area contributed by atoms with Crippen LogP contribution in [0.2, 0.25) is 0 Å². The summed E-state index contributed by atoms with van der Waals surface area (Å²) in [4.78, 5) is 10.5. The number of rotatable bonds is 4. The van der Waals surface area contributed by atoms with Crippen LogP contribution in [0.1, 0.15) is 0 Å². The topological polar surface area (TPSA) is 61.6 Å². The van der Waals surface area contributed by atoms with Crippen molar-refractivity contribution in [1.29, 1.82) is 0 Å². The zero-order valence-corrected chi connectivity index (χ0v) is 9.70. The van der Waals surface area contributed by atoms with E-state index in [4.69, 9.17) is 9.47 Å². The molecule has 0 aliphatic heterocycles. The number of hydrogen-bond acceptors (Lipinski definition) is 4. The molecule has 2 aromatic carbocycles. The van der Waals surface area contributed by atoms with Gasteiger partial charge in [-0.05, 0) is 18.2 Å². The van der Waals surface area contributed by atoms with E-state index in [0.717, 1.165) is 0 Å². The van der Waals surface area contributed by atoms with E-state index in [9.17, 15) is 10.1 Å². The number of methoxy groups -OCH3 is 1. The van der Waals surface area contributed by atoms with E-state index in [2.05, 4.69) is 0 Å². The molecule has 92 valence electrons. The molecule has 0 saturated heterocycles. The van der Waals surface area contributed by atoms with Crippen LogP contribution >= 0.6 is 0 Å². The lowest BCUT2D eigenvalue weighted by atomic mass is 10.2. The Balaban J connectivity index is 2.44. The van der Waals surface area contributed by atoms with Gasteiger partial charge in [0.15, 0.2) is 5.75 Å². The van der Waals surface area contributed by atoms with E-state index in [0.29, 0.717) is 11.5 Å². The Morgan fingerprint density at radius 3 is 2.39 bits per heavy atom. The van der Waals surface area contributed by atoms with Gasteiger partial charge in [-0.1, -0.05) is 24.3 Å². The van der Waals surface area contributed by atoms with Gasteiger partial charge in [0, 0.05) is 6.07 Å². The summed E-state index contributed by atoms with van der Waals surface area (Å²) < 4.78 is 10.6. The van der Waals surface area contributed by atoms with Crippen LogP contribution in [0.3, 0.4) is 0 Å². The number of para-hydroxylation sites is 2. The van der Waals surface area contributed by atoms with Crippen LogP contribution in [0.5, 0.6) is 17.2 Å². The van der Waals surface area contributed by atoms with Gasteiger partial charge in [0.1, 0.15) is 5.75 Å². The summed E-state index contributed by atoms with van der Waals surface area (Å²) in [5.74, 6) is 0.953. The third-order valence-electron chi connectivity index (χ3n) is 2.34. The molecule has 0 amide bonds. The molecule has 0 unspecified atom stereocenters. The van der Waals surface area contributed by atoms with E-state index in [-0.39, 0.29) is 11.4 Å². The maximum absolute atomic E-state index is 11.0. The first-order chi connectivity index (χ1) is 8.72. The van der Waals surface area contributed by atoms with Gasteiger partial charge in [0.25, 0.3) is 0 Å². The first kappa shape index (κ1) is 11.9. The fourth-order valence-corrected chi connectivity index (χ4v) is 1.52. The minimum Gasteiger partial charge on any atom is -0.493 e. The van der Waals surface area contributed by atoms with E-state index in [1.54, 1.807) is 36.4 Å². The van der Waals surface area contributed by atoms with Crippen LogP contribution in [-0.4, -0.2) is 12.0 Å². The summed E-state index contributed by atoms with van der Waals surface area (Å²) in [6, 6.07) is 13.4. The first-order valence-corrected chi connectivity index (χ1v) is 5.26. The third kappa shape index (κ3) is 2.40. The van der Waals surface area contributed by atoms with Crippen LogP contribution in [0.25, 0.3) is 0 Å². The molecule has 0 aromatic heterocycles. The maximum atomic E-state index is 11.0. The molecule has 0 fully saturated rings. The van der Waals surface area contributed by atoms with Crippen molar-refractivity contribution < 1.29 is 14.4 Å². The molecule has 0 N–H and O–H groups in total. The SMILES string of the molecule is COc1cccc([N+](=O)[O-])c1Oc1ccccc1. The fraction of sp³-hybridized carbons (Fsp3) is 0.0769. The summed E-state index contributed by atoms with van der Waals surface area (Å²) in [6.45, 7) is 0. The second-order valence-corrected chi connectivity index (χ2v) is 3.48. The lowest BCUT2D eigenvalue weighted by Crippen LogP contribution is -1.96. The average Bonchev–Trinajstić information content (AvgIpc) is 2.40. The van der Waals surface area contributed by atoms with Crippen LogP contribution < -0.4 is 9.47 Å². The second-order valence-electron chi connectivity index (χ2n) is 3.48. The van der Waals surface area contributed by atoms with Crippen molar-refractivity contribution in [2.75, 3.05) is 7.11 Å². The predicted molar refractivity (Wildman–Crippen MR) is 66.2 cm³/mol. The molecule has 0 aliphatic carbocycles. The third-order valence-corrected chi connectivity index (χ3v) is 2.34. The van der Waals surface area contributed by atoms with Crippen molar-refractivity contribution in [3.8, 4) is 17.2 Å². The molecular formula is C13H11NO4. The summed E-state index contributed by atoms with van der Waals surface area (Å²) >= 11 is 0. The molecule has 0 spiro atoms. The van der Waals surface area contributed by atoms with E-state index >= 15 is 0 Å². The second kappa shape index (κ2) is 5.18. The van der Waals surface area contributed by atoms with E-state index in [1.807, 2.05) is 6.07 Å². The summed E-state index contributed by atoms with van der Waals surface area (Å²) in [7, 11) is 1.44. The minimum atomic E-state index is -0.499. The van der Waals surface area contributed by atoms with Crippen molar-refractivity contribution in [3.63, 3.8) is 0 Å². The van der Waals surface area contributed by atoms with Gasteiger partial charge in [-0.25, -0.2) is 0 Å². The normalized spacial score (nSPS) is 9.83. The Labute approximate surface area is 104 Å². The fourth-order valence-electron chi connectivity index (χ4n) is 1.52. The van der Waals surface area contributed by atoms with Gasteiger partial charge < -0.3 is 9.47 Å². The quantitative estimate of drug-likeness (QED) is 0.611. The number of ether oxygens (including phenoxy) is 2. The van der Waals surface area contributed by atoms with Crippen LogP contribution in [-0.2, 0) is 0 Å². The van der Waals surface area contributed by atoms with Crippen LogP contribution in [0.15, 0.2) is 48.5 Å². The smallest absolute Gasteiger partial charge is 0.315 e. The van der Waals surface area contributed by atoms with Crippen molar-refractivity contribution in [1.82, 2.24) is 0 Å². The highest BCUT2D eigenvalue weighted by molar-refractivity contribution is 5.57. The first-order valence-electron chi connectivity index (χ1n) is 5.26. The maximum Gasteiger partial charge on any atom is 0.315 e. The van der Waals surface area contributed by atoms with Gasteiger partial charge in [0.05, 0.1) is 12.0 Å². The van der Waals surface area contributed by atoms with Crippen molar-refractivity contribution in [2.24, 2.45) is 0 Å². The molecule has 0 saturated carbocycles. The highest BCUT2D eigenvalue weighted by Gasteiger charge is 2.20. The molecule has 0 atom stereocenters.